The number of hydrogen-bond acceptors (Lipinski definition) is 5. The second-order valence-electron chi connectivity index (χ2n) is 4.39. The van der Waals surface area contributed by atoms with E-state index in [1.807, 2.05) is 18.4 Å². The van der Waals surface area contributed by atoms with Crippen LogP contribution in [0.4, 0.5) is 0 Å². The maximum Gasteiger partial charge on any atom is 0.326 e. The number of amides is 1. The number of rotatable bonds is 8. The Morgan fingerprint density at radius 1 is 1.60 bits per heavy atom. The summed E-state index contributed by atoms with van der Waals surface area (Å²) in [6, 6.07) is -0.744. The Labute approximate surface area is 121 Å². The van der Waals surface area contributed by atoms with E-state index in [1.54, 1.807) is 6.33 Å². The van der Waals surface area contributed by atoms with Gasteiger partial charge in [-0.1, -0.05) is 17.8 Å². The molecule has 0 aromatic carbocycles. The number of carboxylic acid groups (broad SMARTS) is 1. The molecule has 1 amide bonds. The Balaban J connectivity index is 2.52. The number of aliphatic carboxylic acids is 1. The van der Waals surface area contributed by atoms with Crippen molar-refractivity contribution < 1.29 is 14.7 Å². The van der Waals surface area contributed by atoms with Crippen molar-refractivity contribution in [3.8, 4) is 0 Å². The molecular weight excluding hydrogens is 280 g/mol. The minimum absolute atomic E-state index is 0.0896. The first-order chi connectivity index (χ1) is 9.45. The fraction of sp³-hybridized carbons (Fsp3) is 0.500. The second-order valence-corrected chi connectivity index (χ2v) is 5.33. The number of hydrogen-bond donors (Lipinski definition) is 2. The van der Waals surface area contributed by atoms with E-state index in [9.17, 15) is 9.59 Å². The number of aromatic nitrogens is 3. The van der Waals surface area contributed by atoms with Crippen LogP contribution in [0.25, 0.3) is 0 Å². The largest absolute Gasteiger partial charge is 0.480 e. The molecule has 1 aromatic rings. The first-order valence-corrected chi connectivity index (χ1v) is 7.09. The van der Waals surface area contributed by atoms with Crippen molar-refractivity contribution in [1.82, 2.24) is 20.1 Å². The van der Waals surface area contributed by atoms with Crippen LogP contribution in [0.2, 0.25) is 0 Å². The van der Waals surface area contributed by atoms with Crippen molar-refractivity contribution in [1.29, 1.82) is 0 Å². The van der Waals surface area contributed by atoms with Gasteiger partial charge in [0.1, 0.15) is 12.4 Å². The first kappa shape index (κ1) is 16.2. The van der Waals surface area contributed by atoms with Crippen LogP contribution in [0, 0.1) is 0 Å². The first-order valence-electron chi connectivity index (χ1n) is 6.11. The Bertz CT molecular complexity index is 487. The average molecular weight is 298 g/mol. The maximum atomic E-state index is 11.7. The molecule has 8 heteroatoms. The van der Waals surface area contributed by atoms with Gasteiger partial charge in [-0.3, -0.25) is 4.79 Å². The lowest BCUT2D eigenvalue weighted by molar-refractivity contribution is -0.141. The van der Waals surface area contributed by atoms with E-state index in [0.29, 0.717) is 5.16 Å². The van der Waals surface area contributed by atoms with E-state index in [0.717, 1.165) is 0 Å². The zero-order valence-electron chi connectivity index (χ0n) is 11.4. The topological polar surface area (TPSA) is 97.1 Å². The van der Waals surface area contributed by atoms with Gasteiger partial charge in [0.2, 0.25) is 5.91 Å². The highest BCUT2D eigenvalue weighted by molar-refractivity contribution is 7.99. The molecule has 110 valence electrons. The lowest BCUT2D eigenvalue weighted by Crippen LogP contribution is -2.41. The van der Waals surface area contributed by atoms with E-state index in [-0.39, 0.29) is 24.1 Å². The van der Waals surface area contributed by atoms with Gasteiger partial charge in [0.05, 0.1) is 5.75 Å². The molecular formula is C12H18N4O3S. The third-order valence-corrected chi connectivity index (χ3v) is 3.42. The van der Waals surface area contributed by atoms with E-state index >= 15 is 0 Å². The van der Waals surface area contributed by atoms with Crippen molar-refractivity contribution in [3.63, 3.8) is 0 Å². The lowest BCUT2D eigenvalue weighted by Gasteiger charge is -2.13. The summed E-state index contributed by atoms with van der Waals surface area (Å²) in [5.74, 6) is -1.34. The van der Waals surface area contributed by atoms with Crippen LogP contribution in [-0.2, 0) is 9.59 Å². The molecule has 20 heavy (non-hydrogen) atoms. The fourth-order valence-corrected chi connectivity index (χ4v) is 2.30. The van der Waals surface area contributed by atoms with E-state index in [2.05, 4.69) is 22.1 Å². The highest BCUT2D eigenvalue weighted by atomic mass is 32.2. The Morgan fingerprint density at radius 2 is 2.30 bits per heavy atom. The normalized spacial score (nSPS) is 12.2. The molecule has 0 saturated carbocycles. The highest BCUT2D eigenvalue weighted by Crippen LogP contribution is 2.18. The predicted octanol–water partition coefficient (Wildman–Crippen LogP) is 1.10. The fourth-order valence-electron chi connectivity index (χ4n) is 1.44. The Hall–Kier alpha value is -1.83. The van der Waals surface area contributed by atoms with Gasteiger partial charge >= 0.3 is 5.97 Å². The molecule has 7 nitrogen and oxygen atoms in total. The van der Waals surface area contributed by atoms with Gasteiger partial charge in [-0.2, -0.15) is 0 Å². The number of carbonyl (C=O) groups excluding carboxylic acids is 1. The monoisotopic (exact) mass is 298 g/mol. The van der Waals surface area contributed by atoms with Gasteiger partial charge in [0.25, 0.3) is 0 Å². The molecule has 0 aliphatic carbocycles. The van der Waals surface area contributed by atoms with Crippen molar-refractivity contribution in [2.75, 3.05) is 5.75 Å². The molecule has 1 heterocycles. The predicted molar refractivity (Wildman–Crippen MR) is 75.5 cm³/mol. The summed E-state index contributed by atoms with van der Waals surface area (Å²) in [7, 11) is 0. The molecule has 0 fully saturated rings. The lowest BCUT2D eigenvalue weighted by atomic mass is 10.2. The number of carboxylic acids is 1. The molecule has 0 bridgehead atoms. The standard InChI is InChI=1S/C12H18N4O3S/c1-4-5-9(11(18)19)14-10(17)6-20-12-15-13-7-16(12)8(2)3/h4,7-9H,1,5-6H2,2-3H3,(H,14,17)(H,18,19). The van der Waals surface area contributed by atoms with Gasteiger partial charge in [0.15, 0.2) is 5.16 Å². The van der Waals surface area contributed by atoms with E-state index < -0.39 is 12.0 Å². The molecule has 0 radical (unpaired) electrons. The van der Waals surface area contributed by atoms with Crippen molar-refractivity contribution in [2.24, 2.45) is 0 Å². The summed E-state index contributed by atoms with van der Waals surface area (Å²) in [5, 5.41) is 19.7. The van der Waals surface area contributed by atoms with Crippen LogP contribution in [0.5, 0.6) is 0 Å². The zero-order valence-corrected chi connectivity index (χ0v) is 12.3. The molecule has 0 aliphatic heterocycles. The van der Waals surface area contributed by atoms with Crippen LogP contribution in [0.15, 0.2) is 24.1 Å². The molecule has 2 N–H and O–H groups in total. The quantitative estimate of drug-likeness (QED) is 0.551. The second kappa shape index (κ2) is 7.68. The maximum absolute atomic E-state index is 11.7. The summed E-state index contributed by atoms with van der Waals surface area (Å²) < 4.78 is 1.84. The number of thioether (sulfide) groups is 1. The summed E-state index contributed by atoms with van der Waals surface area (Å²) in [5.41, 5.74) is 0. The molecule has 0 spiro atoms. The number of nitrogens with one attached hydrogen (secondary N) is 1. The van der Waals surface area contributed by atoms with Crippen LogP contribution in [0.3, 0.4) is 0 Å². The molecule has 1 unspecified atom stereocenters. The molecule has 1 rings (SSSR count). The van der Waals surface area contributed by atoms with Gasteiger partial charge in [0, 0.05) is 6.04 Å². The number of nitrogens with zero attached hydrogens (tertiary/aromatic N) is 3. The average Bonchev–Trinajstić information content (AvgIpc) is 2.84. The van der Waals surface area contributed by atoms with Crippen LogP contribution < -0.4 is 5.32 Å². The third kappa shape index (κ3) is 4.69. The molecule has 0 saturated heterocycles. The van der Waals surface area contributed by atoms with Crippen LogP contribution in [-0.4, -0.2) is 43.5 Å². The van der Waals surface area contributed by atoms with Gasteiger partial charge < -0.3 is 15.0 Å². The summed E-state index contributed by atoms with van der Waals surface area (Å²) in [6.45, 7) is 7.43. The SMILES string of the molecule is C=CCC(NC(=O)CSc1nncn1C(C)C)C(=O)O. The van der Waals surface area contributed by atoms with Gasteiger partial charge in [-0.05, 0) is 20.3 Å². The van der Waals surface area contributed by atoms with Gasteiger partial charge in [-0.25, -0.2) is 4.79 Å². The van der Waals surface area contributed by atoms with Crippen molar-refractivity contribution in [3.05, 3.63) is 19.0 Å². The van der Waals surface area contributed by atoms with Crippen LogP contribution >= 0.6 is 11.8 Å². The smallest absolute Gasteiger partial charge is 0.326 e. The minimum atomic E-state index is -1.08. The van der Waals surface area contributed by atoms with Crippen molar-refractivity contribution in [2.45, 2.75) is 37.5 Å². The Kier molecular flexibility index (Phi) is 6.23. The van der Waals surface area contributed by atoms with Crippen molar-refractivity contribution >= 4 is 23.6 Å². The summed E-state index contributed by atoms with van der Waals surface area (Å²) >= 11 is 1.22. The molecule has 1 atom stereocenters. The third-order valence-electron chi connectivity index (χ3n) is 2.46. The zero-order chi connectivity index (χ0) is 15.1. The van der Waals surface area contributed by atoms with E-state index in [4.69, 9.17) is 5.11 Å². The Morgan fingerprint density at radius 3 is 2.85 bits per heavy atom. The summed E-state index contributed by atoms with van der Waals surface area (Å²) in [6.07, 6.45) is 3.25. The summed E-state index contributed by atoms with van der Waals surface area (Å²) in [4.78, 5) is 22.6. The molecule has 1 aromatic heterocycles. The minimum Gasteiger partial charge on any atom is -0.480 e. The highest BCUT2D eigenvalue weighted by Gasteiger charge is 2.19. The van der Waals surface area contributed by atoms with Gasteiger partial charge in [-0.15, -0.1) is 16.8 Å². The number of carbonyl (C=O) groups is 2. The van der Waals surface area contributed by atoms with E-state index in [1.165, 1.54) is 17.8 Å². The molecule has 0 aliphatic rings. The van der Waals surface area contributed by atoms with Crippen LogP contribution in [0.1, 0.15) is 26.3 Å².